The van der Waals surface area contributed by atoms with E-state index in [2.05, 4.69) is 14.8 Å². The zero-order valence-corrected chi connectivity index (χ0v) is 12.8. The van der Waals surface area contributed by atoms with Gasteiger partial charge in [-0.25, -0.2) is 9.59 Å². The van der Waals surface area contributed by atoms with Gasteiger partial charge in [-0.15, -0.1) is 0 Å². The van der Waals surface area contributed by atoms with Crippen LogP contribution < -0.4 is 5.32 Å². The fourth-order valence-electron chi connectivity index (χ4n) is 1.79. The number of carbonyl (C=O) groups excluding carboxylic acids is 3. The van der Waals surface area contributed by atoms with Gasteiger partial charge in [0.05, 0.1) is 31.0 Å². The SMILES string of the molecule is COC(=O)c1ccc(C(=O)OC)c(NC(=O)CCCC(=O)O)c1. The Morgan fingerprint density at radius 1 is 1.04 bits per heavy atom. The summed E-state index contributed by atoms with van der Waals surface area (Å²) in [6.45, 7) is 0. The Bertz CT molecular complexity index is 624. The summed E-state index contributed by atoms with van der Waals surface area (Å²) in [6.07, 6.45) is -0.0136. The minimum absolute atomic E-state index is 0.0324. The number of carboxylic acid groups (broad SMARTS) is 1. The van der Waals surface area contributed by atoms with Crippen molar-refractivity contribution in [2.75, 3.05) is 19.5 Å². The third kappa shape index (κ3) is 5.42. The van der Waals surface area contributed by atoms with Gasteiger partial charge in [-0.05, 0) is 24.6 Å². The predicted molar refractivity (Wildman–Crippen MR) is 79.2 cm³/mol. The molecule has 2 N–H and O–H groups in total. The number of rotatable bonds is 7. The molecular formula is C15H17NO7. The van der Waals surface area contributed by atoms with Crippen molar-refractivity contribution in [2.24, 2.45) is 0 Å². The molecule has 8 heteroatoms. The smallest absolute Gasteiger partial charge is 0.339 e. The van der Waals surface area contributed by atoms with Gasteiger partial charge in [0.15, 0.2) is 0 Å². The average molecular weight is 323 g/mol. The largest absolute Gasteiger partial charge is 0.481 e. The van der Waals surface area contributed by atoms with Crippen molar-refractivity contribution in [1.29, 1.82) is 0 Å². The second kappa shape index (κ2) is 8.52. The molecule has 8 nitrogen and oxygen atoms in total. The molecule has 0 saturated carbocycles. The van der Waals surface area contributed by atoms with Crippen LogP contribution in [-0.4, -0.2) is 43.1 Å². The van der Waals surface area contributed by atoms with E-state index in [1.54, 1.807) is 0 Å². The number of carbonyl (C=O) groups is 4. The van der Waals surface area contributed by atoms with E-state index >= 15 is 0 Å². The zero-order valence-electron chi connectivity index (χ0n) is 12.8. The summed E-state index contributed by atoms with van der Waals surface area (Å²) in [4.78, 5) is 45.5. The zero-order chi connectivity index (χ0) is 17.4. The number of esters is 2. The summed E-state index contributed by atoms with van der Waals surface area (Å²) in [5.74, 6) is -2.77. The van der Waals surface area contributed by atoms with Crippen LogP contribution >= 0.6 is 0 Å². The highest BCUT2D eigenvalue weighted by atomic mass is 16.5. The van der Waals surface area contributed by atoms with Crippen LogP contribution in [0.2, 0.25) is 0 Å². The van der Waals surface area contributed by atoms with Gasteiger partial charge >= 0.3 is 17.9 Å². The molecule has 1 rings (SSSR count). The number of hydrogen-bond donors (Lipinski definition) is 2. The highest BCUT2D eigenvalue weighted by Gasteiger charge is 2.17. The second-order valence-electron chi connectivity index (χ2n) is 4.54. The van der Waals surface area contributed by atoms with E-state index in [1.807, 2.05) is 0 Å². The summed E-state index contributed by atoms with van der Waals surface area (Å²) in [6, 6.07) is 4.01. The van der Waals surface area contributed by atoms with E-state index < -0.39 is 23.8 Å². The first kappa shape index (κ1) is 18.1. The average Bonchev–Trinajstić information content (AvgIpc) is 2.52. The molecule has 23 heavy (non-hydrogen) atoms. The maximum Gasteiger partial charge on any atom is 0.339 e. The first-order chi connectivity index (χ1) is 10.9. The quantitative estimate of drug-likeness (QED) is 0.729. The Hall–Kier alpha value is -2.90. The van der Waals surface area contributed by atoms with Gasteiger partial charge < -0.3 is 19.9 Å². The molecular weight excluding hydrogens is 306 g/mol. The standard InChI is InChI=1S/C15H17NO7/c1-22-14(20)9-6-7-10(15(21)23-2)11(8-9)16-12(17)4-3-5-13(18)19/h6-8H,3-5H2,1-2H3,(H,16,17)(H,18,19). The van der Waals surface area contributed by atoms with Crippen molar-refractivity contribution in [3.63, 3.8) is 0 Å². The number of benzene rings is 1. The van der Waals surface area contributed by atoms with Gasteiger partial charge in [0, 0.05) is 12.8 Å². The fourth-order valence-corrected chi connectivity index (χ4v) is 1.79. The van der Waals surface area contributed by atoms with E-state index in [-0.39, 0.29) is 36.1 Å². The van der Waals surface area contributed by atoms with Gasteiger partial charge in [-0.2, -0.15) is 0 Å². The van der Waals surface area contributed by atoms with Gasteiger partial charge in [0.2, 0.25) is 5.91 Å². The lowest BCUT2D eigenvalue weighted by Crippen LogP contribution is -2.16. The monoisotopic (exact) mass is 323 g/mol. The molecule has 0 bridgehead atoms. The van der Waals surface area contributed by atoms with E-state index in [0.717, 1.165) is 0 Å². The van der Waals surface area contributed by atoms with Gasteiger partial charge in [-0.1, -0.05) is 0 Å². The molecule has 0 unspecified atom stereocenters. The van der Waals surface area contributed by atoms with Crippen LogP contribution in [0.25, 0.3) is 0 Å². The highest BCUT2D eigenvalue weighted by molar-refractivity contribution is 6.03. The molecule has 0 atom stereocenters. The number of hydrogen-bond acceptors (Lipinski definition) is 6. The van der Waals surface area contributed by atoms with Crippen LogP contribution in [0.3, 0.4) is 0 Å². The molecule has 0 aliphatic carbocycles. The fraction of sp³-hybridized carbons (Fsp3) is 0.333. The molecule has 0 fully saturated rings. The van der Waals surface area contributed by atoms with Crippen molar-refractivity contribution >= 4 is 29.5 Å². The summed E-state index contributed by atoms with van der Waals surface area (Å²) >= 11 is 0. The van der Waals surface area contributed by atoms with Crippen molar-refractivity contribution in [3.05, 3.63) is 29.3 Å². The minimum atomic E-state index is -0.999. The number of aliphatic carboxylic acids is 1. The molecule has 1 aromatic carbocycles. The highest BCUT2D eigenvalue weighted by Crippen LogP contribution is 2.20. The van der Waals surface area contributed by atoms with Crippen molar-refractivity contribution in [2.45, 2.75) is 19.3 Å². The van der Waals surface area contributed by atoms with Crippen LogP contribution in [0.5, 0.6) is 0 Å². The molecule has 0 aliphatic heterocycles. The Balaban J connectivity index is 2.95. The Morgan fingerprint density at radius 3 is 2.26 bits per heavy atom. The number of anilines is 1. The van der Waals surface area contributed by atoms with Gasteiger partial charge in [0.1, 0.15) is 0 Å². The van der Waals surface area contributed by atoms with E-state index in [9.17, 15) is 19.2 Å². The van der Waals surface area contributed by atoms with E-state index in [4.69, 9.17) is 5.11 Å². The van der Waals surface area contributed by atoms with Crippen LogP contribution in [-0.2, 0) is 19.1 Å². The van der Waals surface area contributed by atoms with Gasteiger partial charge in [0.25, 0.3) is 0 Å². The molecule has 1 aromatic rings. The normalized spacial score (nSPS) is 9.83. The lowest BCUT2D eigenvalue weighted by molar-refractivity contribution is -0.137. The molecule has 0 saturated heterocycles. The molecule has 0 spiro atoms. The van der Waals surface area contributed by atoms with E-state index in [0.29, 0.717) is 0 Å². The van der Waals surface area contributed by atoms with Crippen LogP contribution in [0, 0.1) is 0 Å². The lowest BCUT2D eigenvalue weighted by atomic mass is 10.1. The van der Waals surface area contributed by atoms with Crippen LogP contribution in [0.4, 0.5) is 5.69 Å². The number of carboxylic acids is 1. The Morgan fingerprint density at radius 2 is 1.70 bits per heavy atom. The molecule has 0 heterocycles. The Kier molecular flexibility index (Phi) is 6.72. The topological polar surface area (TPSA) is 119 Å². The first-order valence-corrected chi connectivity index (χ1v) is 6.71. The number of ether oxygens (including phenoxy) is 2. The van der Waals surface area contributed by atoms with Crippen molar-refractivity contribution in [3.8, 4) is 0 Å². The summed E-state index contributed by atoms with van der Waals surface area (Å²) in [7, 11) is 2.40. The van der Waals surface area contributed by atoms with Crippen LogP contribution in [0.15, 0.2) is 18.2 Å². The molecule has 0 aromatic heterocycles. The van der Waals surface area contributed by atoms with Crippen LogP contribution in [0.1, 0.15) is 40.0 Å². The summed E-state index contributed by atoms with van der Waals surface area (Å²) in [5, 5.41) is 11.0. The Labute approximate surface area is 132 Å². The maximum atomic E-state index is 11.8. The second-order valence-corrected chi connectivity index (χ2v) is 4.54. The molecule has 124 valence electrons. The maximum absolute atomic E-state index is 11.8. The van der Waals surface area contributed by atoms with Gasteiger partial charge in [-0.3, -0.25) is 9.59 Å². The minimum Gasteiger partial charge on any atom is -0.481 e. The predicted octanol–water partition coefficient (Wildman–Crippen LogP) is 1.45. The summed E-state index contributed by atoms with van der Waals surface area (Å²) in [5.41, 5.74) is 0.327. The molecule has 1 amide bonds. The molecule has 0 aliphatic rings. The first-order valence-electron chi connectivity index (χ1n) is 6.71. The third-order valence-corrected chi connectivity index (χ3v) is 2.91. The number of nitrogens with one attached hydrogen (secondary N) is 1. The lowest BCUT2D eigenvalue weighted by Gasteiger charge is -2.11. The number of amides is 1. The summed E-state index contributed by atoms with van der Waals surface area (Å²) < 4.78 is 9.19. The van der Waals surface area contributed by atoms with E-state index in [1.165, 1.54) is 32.4 Å². The number of methoxy groups -OCH3 is 2. The molecule has 0 radical (unpaired) electrons. The third-order valence-electron chi connectivity index (χ3n) is 2.91. The van der Waals surface area contributed by atoms with Crippen molar-refractivity contribution in [1.82, 2.24) is 0 Å². The van der Waals surface area contributed by atoms with Crippen molar-refractivity contribution < 1.29 is 33.8 Å².